The summed E-state index contributed by atoms with van der Waals surface area (Å²) in [5.41, 5.74) is 2.24. The molecule has 0 aliphatic rings. The lowest BCUT2D eigenvalue weighted by atomic mass is 10.0. The largest absolute Gasteiger partial charge is 0.488 e. The van der Waals surface area contributed by atoms with Crippen molar-refractivity contribution in [2.75, 3.05) is 0 Å². The molecule has 4 aromatic rings. The highest BCUT2D eigenvalue weighted by molar-refractivity contribution is 5.90. The fourth-order valence-corrected chi connectivity index (χ4v) is 3.85. The van der Waals surface area contributed by atoms with E-state index in [0.29, 0.717) is 28.2 Å². The molecule has 0 amide bonds. The molecule has 0 aliphatic carbocycles. The van der Waals surface area contributed by atoms with Crippen molar-refractivity contribution >= 4 is 5.97 Å². The van der Waals surface area contributed by atoms with Gasteiger partial charge in [-0.2, -0.15) is 13.2 Å². The van der Waals surface area contributed by atoms with Gasteiger partial charge in [-0.1, -0.05) is 18.2 Å². The number of ether oxygens (including phenoxy) is 1. The molecule has 0 atom stereocenters. The third kappa shape index (κ3) is 5.06. The maximum atomic E-state index is 13.6. The van der Waals surface area contributed by atoms with Crippen LogP contribution in [-0.2, 0) is 12.8 Å². The zero-order valence-corrected chi connectivity index (χ0v) is 18.9. The quantitative estimate of drug-likeness (QED) is 0.295. The van der Waals surface area contributed by atoms with E-state index in [4.69, 9.17) is 4.74 Å². The van der Waals surface area contributed by atoms with Gasteiger partial charge in [0.1, 0.15) is 18.2 Å². The van der Waals surface area contributed by atoms with E-state index in [2.05, 4.69) is 0 Å². The van der Waals surface area contributed by atoms with Crippen LogP contribution < -0.4 is 4.74 Å². The minimum absolute atomic E-state index is 0.0199. The predicted octanol–water partition coefficient (Wildman–Crippen LogP) is 7.20. The van der Waals surface area contributed by atoms with E-state index in [1.54, 1.807) is 42.7 Å². The summed E-state index contributed by atoms with van der Waals surface area (Å²) in [6.45, 7) is 3.47. The Morgan fingerprint density at radius 3 is 2.31 bits per heavy atom. The molecule has 1 heterocycles. The first-order valence-corrected chi connectivity index (χ1v) is 10.7. The number of carboxylic acid groups (broad SMARTS) is 1. The Labute approximate surface area is 199 Å². The van der Waals surface area contributed by atoms with E-state index < -0.39 is 23.5 Å². The maximum Gasteiger partial charge on any atom is 0.416 e. The van der Waals surface area contributed by atoms with Crippen molar-refractivity contribution in [3.8, 4) is 22.7 Å². The average Bonchev–Trinajstić information content (AvgIpc) is 3.19. The van der Waals surface area contributed by atoms with Gasteiger partial charge in [0.25, 0.3) is 0 Å². The molecule has 3 aromatic carbocycles. The molecule has 0 spiro atoms. The molecular weight excluding hydrogens is 462 g/mol. The molecule has 180 valence electrons. The van der Waals surface area contributed by atoms with Crippen LogP contribution in [0.1, 0.15) is 32.7 Å². The van der Waals surface area contributed by atoms with E-state index >= 15 is 0 Å². The van der Waals surface area contributed by atoms with Gasteiger partial charge in [-0.25, -0.2) is 9.18 Å². The molecule has 0 fully saturated rings. The Hall–Kier alpha value is -4.07. The van der Waals surface area contributed by atoms with Crippen LogP contribution in [0.5, 0.6) is 5.75 Å². The number of hydrogen-bond acceptors (Lipinski definition) is 2. The number of aromatic carboxylic acids is 1. The summed E-state index contributed by atoms with van der Waals surface area (Å²) in [6.07, 6.45) is -4.57. The van der Waals surface area contributed by atoms with E-state index in [9.17, 15) is 27.5 Å². The normalized spacial score (nSPS) is 11.5. The lowest BCUT2D eigenvalue weighted by molar-refractivity contribution is -0.137. The standard InChI is InChI=1S/C27H21F4NO3/c1-16-3-10-21(14-22(16)26(33)34)32-17(2)4-11-24(32)23-13-19(27(29,30)31)7-12-25(23)35-15-18-5-8-20(28)9-6-18/h3-14H,15H2,1-2H3,(H,33,34). The van der Waals surface area contributed by atoms with Gasteiger partial charge in [-0.05, 0) is 79.6 Å². The van der Waals surface area contributed by atoms with Gasteiger partial charge in [0.15, 0.2) is 0 Å². The Kier molecular flexibility index (Phi) is 6.39. The van der Waals surface area contributed by atoms with Crippen molar-refractivity contribution < 1.29 is 32.2 Å². The topological polar surface area (TPSA) is 51.5 Å². The van der Waals surface area contributed by atoms with E-state index in [0.717, 1.165) is 12.1 Å². The van der Waals surface area contributed by atoms with Gasteiger partial charge >= 0.3 is 12.1 Å². The first-order valence-electron chi connectivity index (χ1n) is 10.7. The van der Waals surface area contributed by atoms with Gasteiger partial charge in [-0.3, -0.25) is 0 Å². The number of carbonyl (C=O) groups is 1. The number of rotatable bonds is 6. The predicted molar refractivity (Wildman–Crippen MR) is 123 cm³/mol. The van der Waals surface area contributed by atoms with Crippen LogP contribution in [0.2, 0.25) is 0 Å². The highest BCUT2D eigenvalue weighted by Gasteiger charge is 2.32. The second-order valence-electron chi connectivity index (χ2n) is 8.12. The summed E-state index contributed by atoms with van der Waals surface area (Å²) < 4.78 is 61.5. The Balaban J connectivity index is 1.83. The van der Waals surface area contributed by atoms with Gasteiger partial charge in [0.2, 0.25) is 0 Å². The molecule has 0 saturated heterocycles. The maximum absolute atomic E-state index is 13.6. The first-order chi connectivity index (χ1) is 16.5. The number of aryl methyl sites for hydroxylation is 2. The van der Waals surface area contributed by atoms with Crippen LogP contribution >= 0.6 is 0 Å². The van der Waals surface area contributed by atoms with Crippen molar-refractivity contribution in [1.82, 2.24) is 4.57 Å². The number of hydrogen-bond donors (Lipinski definition) is 1. The number of alkyl halides is 3. The first kappa shape index (κ1) is 24.1. The van der Waals surface area contributed by atoms with Crippen LogP contribution in [0.15, 0.2) is 72.8 Å². The number of benzene rings is 3. The monoisotopic (exact) mass is 483 g/mol. The smallest absolute Gasteiger partial charge is 0.416 e. The number of carboxylic acids is 1. The zero-order chi connectivity index (χ0) is 25.3. The third-order valence-corrected chi connectivity index (χ3v) is 5.68. The average molecular weight is 483 g/mol. The van der Waals surface area contributed by atoms with Crippen LogP contribution in [0.3, 0.4) is 0 Å². The fraction of sp³-hybridized carbons (Fsp3) is 0.148. The van der Waals surface area contributed by atoms with Crippen molar-refractivity contribution in [2.45, 2.75) is 26.6 Å². The molecule has 1 N–H and O–H groups in total. The number of aromatic nitrogens is 1. The molecule has 0 unspecified atom stereocenters. The SMILES string of the molecule is Cc1ccc(-n2c(C)ccc2-c2cc(C(F)(F)F)ccc2OCc2ccc(F)cc2)cc1C(=O)O. The number of nitrogens with zero attached hydrogens (tertiary/aromatic N) is 1. The summed E-state index contributed by atoms with van der Waals surface area (Å²) >= 11 is 0. The molecule has 8 heteroatoms. The van der Waals surface area contributed by atoms with Crippen LogP contribution in [0.4, 0.5) is 17.6 Å². The molecule has 0 radical (unpaired) electrons. The van der Waals surface area contributed by atoms with Crippen molar-refractivity contribution in [3.63, 3.8) is 0 Å². The third-order valence-electron chi connectivity index (χ3n) is 5.68. The van der Waals surface area contributed by atoms with Crippen molar-refractivity contribution in [1.29, 1.82) is 0 Å². The van der Waals surface area contributed by atoms with Crippen molar-refractivity contribution in [2.24, 2.45) is 0 Å². The number of halogens is 4. The molecule has 4 rings (SSSR count). The highest BCUT2D eigenvalue weighted by atomic mass is 19.4. The van der Waals surface area contributed by atoms with Gasteiger partial charge in [0, 0.05) is 16.9 Å². The van der Waals surface area contributed by atoms with Crippen LogP contribution in [0.25, 0.3) is 16.9 Å². The molecule has 4 nitrogen and oxygen atoms in total. The zero-order valence-electron chi connectivity index (χ0n) is 18.9. The summed E-state index contributed by atoms with van der Waals surface area (Å²) in [6, 6.07) is 17.1. The van der Waals surface area contributed by atoms with Crippen LogP contribution in [-0.4, -0.2) is 15.6 Å². The second kappa shape index (κ2) is 9.29. The second-order valence-corrected chi connectivity index (χ2v) is 8.12. The lowest BCUT2D eigenvalue weighted by Gasteiger charge is -2.18. The molecule has 1 aromatic heterocycles. The minimum atomic E-state index is -4.57. The van der Waals surface area contributed by atoms with Gasteiger partial charge in [-0.15, -0.1) is 0 Å². The Bertz CT molecular complexity index is 1390. The summed E-state index contributed by atoms with van der Waals surface area (Å²) in [5.74, 6) is -1.30. The van der Waals surface area contributed by atoms with Gasteiger partial charge in [0.05, 0.1) is 16.8 Å². The van der Waals surface area contributed by atoms with Crippen LogP contribution in [0, 0.1) is 19.7 Å². The lowest BCUT2D eigenvalue weighted by Crippen LogP contribution is -2.08. The van der Waals surface area contributed by atoms with Crippen molar-refractivity contribution in [3.05, 3.63) is 107 Å². The molecule has 0 aliphatic heterocycles. The molecule has 0 bridgehead atoms. The summed E-state index contributed by atoms with van der Waals surface area (Å²) in [5, 5.41) is 9.53. The van der Waals surface area contributed by atoms with E-state index in [1.807, 2.05) is 0 Å². The van der Waals surface area contributed by atoms with Gasteiger partial charge < -0.3 is 14.4 Å². The fourth-order valence-electron chi connectivity index (χ4n) is 3.85. The molecule has 0 saturated carbocycles. The van der Waals surface area contributed by atoms with E-state index in [-0.39, 0.29) is 23.5 Å². The summed E-state index contributed by atoms with van der Waals surface area (Å²) in [7, 11) is 0. The summed E-state index contributed by atoms with van der Waals surface area (Å²) in [4.78, 5) is 11.7. The molecular formula is C27H21F4NO3. The Morgan fingerprint density at radius 1 is 0.943 bits per heavy atom. The Morgan fingerprint density at radius 2 is 1.66 bits per heavy atom. The minimum Gasteiger partial charge on any atom is -0.488 e. The molecule has 35 heavy (non-hydrogen) atoms. The highest BCUT2D eigenvalue weighted by Crippen LogP contribution is 2.39. The van der Waals surface area contributed by atoms with E-state index in [1.165, 1.54) is 36.4 Å².